The predicted molar refractivity (Wildman–Crippen MR) is 93.2 cm³/mol. The van der Waals surface area contributed by atoms with Gasteiger partial charge >= 0.3 is 5.97 Å². The molecule has 1 atom stereocenters. The van der Waals surface area contributed by atoms with Crippen molar-refractivity contribution in [2.24, 2.45) is 0 Å². The SMILES string of the molecule is CNCc1ccc(OCC(=O)O)c(-c2cccc(S(=O)NC)c2)c1. The Labute approximate surface area is 143 Å². The first kappa shape index (κ1) is 18.1. The van der Waals surface area contributed by atoms with E-state index in [2.05, 4.69) is 10.0 Å². The van der Waals surface area contributed by atoms with Crippen LogP contribution in [0.1, 0.15) is 5.56 Å². The van der Waals surface area contributed by atoms with Gasteiger partial charge in [0.1, 0.15) is 16.7 Å². The third-order valence-corrected chi connectivity index (χ3v) is 4.37. The summed E-state index contributed by atoms with van der Waals surface area (Å²) in [6.45, 7) is 0.259. The molecule has 2 aromatic carbocycles. The lowest BCUT2D eigenvalue weighted by Crippen LogP contribution is -2.11. The second-order valence-electron chi connectivity index (χ2n) is 5.04. The molecule has 0 aromatic heterocycles. The number of carboxylic acids is 1. The first-order chi connectivity index (χ1) is 11.5. The molecule has 0 bridgehead atoms. The molecule has 0 fully saturated rings. The Morgan fingerprint density at radius 3 is 2.67 bits per heavy atom. The smallest absolute Gasteiger partial charge is 0.341 e. The fourth-order valence-corrected chi connectivity index (χ4v) is 2.95. The van der Waals surface area contributed by atoms with E-state index in [1.54, 1.807) is 25.2 Å². The van der Waals surface area contributed by atoms with Gasteiger partial charge in [-0.1, -0.05) is 18.2 Å². The van der Waals surface area contributed by atoms with Gasteiger partial charge in [0.15, 0.2) is 6.61 Å². The standard InChI is InChI=1S/C17H20N2O4S/c1-18-10-12-6-7-16(23-11-17(20)21)15(8-12)13-4-3-5-14(9-13)24(22)19-2/h3-9,18-19H,10-11H2,1-2H3,(H,20,21). The molecule has 0 heterocycles. The Hall–Kier alpha value is -2.22. The molecule has 0 aliphatic rings. The summed E-state index contributed by atoms with van der Waals surface area (Å²) in [5.74, 6) is -0.560. The van der Waals surface area contributed by atoms with Gasteiger partial charge in [-0.05, 0) is 49.5 Å². The fourth-order valence-electron chi connectivity index (χ4n) is 2.28. The molecule has 2 aromatic rings. The van der Waals surface area contributed by atoms with Crippen molar-refractivity contribution in [3.63, 3.8) is 0 Å². The van der Waals surface area contributed by atoms with Crippen LogP contribution < -0.4 is 14.8 Å². The van der Waals surface area contributed by atoms with Crippen LogP contribution in [0, 0.1) is 0 Å². The molecule has 2 rings (SSSR count). The Morgan fingerprint density at radius 2 is 2.00 bits per heavy atom. The second-order valence-corrected chi connectivity index (χ2v) is 6.46. The van der Waals surface area contributed by atoms with Gasteiger partial charge in [-0.3, -0.25) is 0 Å². The van der Waals surface area contributed by atoms with Crippen LogP contribution in [0.4, 0.5) is 0 Å². The summed E-state index contributed by atoms with van der Waals surface area (Å²) in [6.07, 6.45) is 0. The van der Waals surface area contributed by atoms with Crippen LogP contribution in [0.3, 0.4) is 0 Å². The molecule has 1 unspecified atom stereocenters. The minimum absolute atomic E-state index is 0.416. The van der Waals surface area contributed by atoms with Gasteiger partial charge in [0.05, 0.1) is 4.90 Å². The molecule has 0 saturated carbocycles. The predicted octanol–water partition coefficient (Wildman–Crippen LogP) is 1.78. The summed E-state index contributed by atoms with van der Waals surface area (Å²) in [4.78, 5) is 11.4. The first-order valence-corrected chi connectivity index (χ1v) is 8.52. The highest BCUT2D eigenvalue weighted by molar-refractivity contribution is 7.83. The number of hydrogen-bond donors (Lipinski definition) is 3. The number of benzene rings is 2. The van der Waals surface area contributed by atoms with Crippen LogP contribution in [0.15, 0.2) is 47.4 Å². The summed E-state index contributed by atoms with van der Waals surface area (Å²) in [5.41, 5.74) is 2.61. The Morgan fingerprint density at radius 1 is 1.21 bits per heavy atom. The molecule has 6 nitrogen and oxygen atoms in total. The van der Waals surface area contributed by atoms with Crippen LogP contribution in [0.2, 0.25) is 0 Å². The average Bonchev–Trinajstić information content (AvgIpc) is 2.60. The molecule has 0 amide bonds. The van der Waals surface area contributed by atoms with Crippen molar-refractivity contribution >= 4 is 17.0 Å². The van der Waals surface area contributed by atoms with E-state index < -0.39 is 23.6 Å². The summed E-state index contributed by atoms with van der Waals surface area (Å²) >= 11 is 0. The monoisotopic (exact) mass is 348 g/mol. The van der Waals surface area contributed by atoms with Gasteiger partial charge in [0.25, 0.3) is 0 Å². The molecule has 0 saturated heterocycles. The highest BCUT2D eigenvalue weighted by Crippen LogP contribution is 2.32. The van der Waals surface area contributed by atoms with Crippen molar-refractivity contribution in [2.75, 3.05) is 20.7 Å². The maximum atomic E-state index is 11.9. The number of carbonyl (C=O) groups is 1. The molecule has 7 heteroatoms. The number of rotatable bonds is 8. The van der Waals surface area contributed by atoms with Gasteiger partial charge in [-0.2, -0.15) is 0 Å². The number of carboxylic acid groups (broad SMARTS) is 1. The van der Waals surface area contributed by atoms with E-state index in [0.717, 1.165) is 16.7 Å². The number of nitrogens with one attached hydrogen (secondary N) is 2. The highest BCUT2D eigenvalue weighted by atomic mass is 32.2. The molecule has 0 radical (unpaired) electrons. The number of hydrogen-bond acceptors (Lipinski definition) is 4. The highest BCUT2D eigenvalue weighted by Gasteiger charge is 2.11. The lowest BCUT2D eigenvalue weighted by Gasteiger charge is -2.13. The van der Waals surface area contributed by atoms with Gasteiger partial charge in [0, 0.05) is 12.1 Å². The lowest BCUT2D eigenvalue weighted by atomic mass is 10.0. The van der Waals surface area contributed by atoms with Crippen molar-refractivity contribution < 1.29 is 18.8 Å². The van der Waals surface area contributed by atoms with Crippen molar-refractivity contribution in [1.29, 1.82) is 0 Å². The maximum absolute atomic E-state index is 11.9. The zero-order chi connectivity index (χ0) is 17.5. The maximum Gasteiger partial charge on any atom is 0.341 e. The molecule has 0 aliphatic carbocycles. The summed E-state index contributed by atoms with van der Waals surface area (Å²) in [6, 6.07) is 12.8. The van der Waals surface area contributed by atoms with Crippen LogP contribution in [0.25, 0.3) is 11.1 Å². The van der Waals surface area contributed by atoms with Gasteiger partial charge < -0.3 is 15.2 Å². The van der Waals surface area contributed by atoms with E-state index in [4.69, 9.17) is 9.84 Å². The topological polar surface area (TPSA) is 87.7 Å². The molecule has 3 N–H and O–H groups in total. The molecule has 0 aliphatic heterocycles. The minimum Gasteiger partial charge on any atom is -0.481 e. The van der Waals surface area contributed by atoms with Crippen LogP contribution in [0.5, 0.6) is 5.75 Å². The number of ether oxygens (including phenoxy) is 1. The summed E-state index contributed by atoms with van der Waals surface area (Å²) in [5, 5.41) is 11.9. The zero-order valence-corrected chi connectivity index (χ0v) is 14.4. The van der Waals surface area contributed by atoms with E-state index in [1.165, 1.54) is 0 Å². The zero-order valence-electron chi connectivity index (χ0n) is 13.5. The largest absolute Gasteiger partial charge is 0.481 e. The van der Waals surface area contributed by atoms with E-state index in [-0.39, 0.29) is 0 Å². The first-order valence-electron chi connectivity index (χ1n) is 7.37. The minimum atomic E-state index is -1.30. The van der Waals surface area contributed by atoms with Gasteiger partial charge in [0.2, 0.25) is 0 Å². The Bertz CT molecular complexity index is 749. The molecule has 0 spiro atoms. The van der Waals surface area contributed by atoms with Crippen molar-refractivity contribution in [3.05, 3.63) is 48.0 Å². The van der Waals surface area contributed by atoms with E-state index in [0.29, 0.717) is 17.2 Å². The van der Waals surface area contributed by atoms with Crippen LogP contribution in [-0.2, 0) is 22.3 Å². The normalized spacial score (nSPS) is 11.9. The molecular weight excluding hydrogens is 328 g/mol. The van der Waals surface area contributed by atoms with Gasteiger partial charge in [-0.15, -0.1) is 0 Å². The molecule has 24 heavy (non-hydrogen) atoms. The third-order valence-electron chi connectivity index (χ3n) is 3.32. The van der Waals surface area contributed by atoms with Crippen molar-refractivity contribution in [3.8, 4) is 16.9 Å². The Balaban J connectivity index is 2.46. The molecular formula is C17H20N2O4S. The summed E-state index contributed by atoms with van der Waals surface area (Å²) < 4.78 is 20.0. The van der Waals surface area contributed by atoms with E-state index in [9.17, 15) is 9.00 Å². The lowest BCUT2D eigenvalue weighted by molar-refractivity contribution is -0.139. The quantitative estimate of drug-likeness (QED) is 0.677. The third kappa shape index (κ3) is 4.64. The molecule has 128 valence electrons. The van der Waals surface area contributed by atoms with Gasteiger partial charge in [-0.25, -0.2) is 13.7 Å². The van der Waals surface area contributed by atoms with Crippen LogP contribution in [-0.4, -0.2) is 36.0 Å². The van der Waals surface area contributed by atoms with E-state index >= 15 is 0 Å². The van der Waals surface area contributed by atoms with E-state index in [1.807, 2.05) is 31.3 Å². The second kappa shape index (κ2) is 8.58. The average molecular weight is 348 g/mol. The van der Waals surface area contributed by atoms with Crippen molar-refractivity contribution in [1.82, 2.24) is 10.0 Å². The Kier molecular flexibility index (Phi) is 6.48. The van der Waals surface area contributed by atoms with Crippen molar-refractivity contribution in [2.45, 2.75) is 11.4 Å². The summed E-state index contributed by atoms with van der Waals surface area (Å²) in [7, 11) is 2.18. The van der Waals surface area contributed by atoms with Crippen LogP contribution >= 0.6 is 0 Å². The fraction of sp³-hybridized carbons (Fsp3) is 0.235. The number of aliphatic carboxylic acids is 1.